The van der Waals surface area contributed by atoms with Crippen molar-refractivity contribution in [2.24, 2.45) is 0 Å². The Labute approximate surface area is 104 Å². The molecule has 1 aliphatic rings. The minimum absolute atomic E-state index is 0.0536. The predicted octanol–water partition coefficient (Wildman–Crippen LogP) is 0.894. The zero-order valence-corrected chi connectivity index (χ0v) is 10.8. The Balaban J connectivity index is 2.27. The average Bonchev–Trinajstić information content (AvgIpc) is 2.50. The Bertz CT molecular complexity index is 555. The van der Waals surface area contributed by atoms with E-state index >= 15 is 0 Å². The van der Waals surface area contributed by atoms with E-state index in [1.807, 2.05) is 11.0 Å². The molecule has 1 aliphatic heterocycles. The van der Waals surface area contributed by atoms with Gasteiger partial charge in [0.2, 0.25) is 0 Å². The number of anilines is 1. The molecule has 1 amide bonds. The first-order valence-corrected chi connectivity index (χ1v) is 7.86. The first-order valence-electron chi connectivity index (χ1n) is 4.98. The molecule has 1 heterocycles. The number of rotatable bonds is 4. The lowest BCUT2D eigenvalue weighted by molar-refractivity contribution is 0.0985. The van der Waals surface area contributed by atoms with E-state index < -0.39 is 15.9 Å². The van der Waals surface area contributed by atoms with Gasteiger partial charge in [-0.1, -0.05) is 0 Å². The van der Waals surface area contributed by atoms with E-state index in [9.17, 15) is 13.2 Å². The van der Waals surface area contributed by atoms with Crippen LogP contribution in [0.1, 0.15) is 10.4 Å². The van der Waals surface area contributed by atoms with Crippen molar-refractivity contribution in [2.45, 2.75) is 4.90 Å². The van der Waals surface area contributed by atoms with Crippen molar-refractivity contribution in [3.8, 4) is 0 Å². The Hall–Kier alpha value is -1.21. The number of thioether (sulfide) groups is 1. The van der Waals surface area contributed by atoms with Gasteiger partial charge in [-0.25, -0.2) is 13.1 Å². The molecule has 0 bridgehead atoms. The molecular weight excluding hydrogens is 260 g/mol. The molecule has 0 aliphatic carbocycles. The summed E-state index contributed by atoms with van der Waals surface area (Å²) in [6.45, 7) is 0.772. The quantitative estimate of drug-likeness (QED) is 0.796. The fraction of sp³-hybridized carbons (Fsp3) is 0.300. The molecule has 0 radical (unpaired) electrons. The first-order chi connectivity index (χ1) is 8.04. The van der Waals surface area contributed by atoms with Crippen molar-refractivity contribution < 1.29 is 13.2 Å². The van der Waals surface area contributed by atoms with E-state index in [1.54, 1.807) is 23.9 Å². The number of nitrogens with one attached hydrogen (secondary N) is 2. The second kappa shape index (κ2) is 4.58. The van der Waals surface area contributed by atoms with Crippen molar-refractivity contribution >= 4 is 33.4 Å². The molecule has 0 spiro atoms. The lowest BCUT2D eigenvalue weighted by Gasteiger charge is -2.05. The summed E-state index contributed by atoms with van der Waals surface area (Å²) in [6, 6.07) is 4.68. The average molecular weight is 272 g/mol. The number of hydrogen-bond acceptors (Lipinski definition) is 5. The molecule has 0 unspecified atom stereocenters. The van der Waals surface area contributed by atoms with Crippen molar-refractivity contribution in [1.29, 1.82) is 0 Å². The number of amides is 1. The largest absolute Gasteiger partial charge is 0.384 e. The summed E-state index contributed by atoms with van der Waals surface area (Å²) in [6.07, 6.45) is 2.00. The Morgan fingerprint density at radius 3 is 2.88 bits per heavy atom. The summed E-state index contributed by atoms with van der Waals surface area (Å²) >= 11 is 1.71. The highest BCUT2D eigenvalue weighted by molar-refractivity contribution is 7.98. The summed E-state index contributed by atoms with van der Waals surface area (Å²) in [5, 5.41) is 3.13. The first kappa shape index (κ1) is 12.3. The molecule has 0 fully saturated rings. The predicted molar refractivity (Wildman–Crippen MR) is 68.0 cm³/mol. The van der Waals surface area contributed by atoms with Crippen LogP contribution in [0.25, 0.3) is 0 Å². The van der Waals surface area contributed by atoms with Crippen molar-refractivity contribution in [3.05, 3.63) is 23.8 Å². The fourth-order valence-corrected chi connectivity index (χ4v) is 3.04. The maximum Gasteiger partial charge on any atom is 0.266 e. The molecule has 2 rings (SSSR count). The minimum atomic E-state index is -3.63. The highest BCUT2D eigenvalue weighted by Gasteiger charge is 2.32. The van der Waals surface area contributed by atoms with Crippen molar-refractivity contribution in [1.82, 2.24) is 4.72 Å². The zero-order valence-electron chi connectivity index (χ0n) is 9.19. The SMILES string of the molecule is CSCCNc1ccc2c(c1)C(=O)NS2(=O)=O. The molecule has 2 N–H and O–H groups in total. The molecule has 17 heavy (non-hydrogen) atoms. The smallest absolute Gasteiger partial charge is 0.266 e. The van der Waals surface area contributed by atoms with Gasteiger partial charge in [-0.05, 0) is 24.5 Å². The molecular formula is C10H12N2O3S2. The third kappa shape index (κ3) is 2.39. The standard InChI is InChI=1S/C10H12N2O3S2/c1-16-5-4-11-7-2-3-9-8(6-7)10(13)12-17(9,14)15/h2-3,6,11H,4-5H2,1H3,(H,12,13). The zero-order chi connectivity index (χ0) is 12.5. The van der Waals surface area contributed by atoms with E-state index in [2.05, 4.69) is 5.32 Å². The van der Waals surface area contributed by atoms with Gasteiger partial charge in [0.05, 0.1) is 5.56 Å². The van der Waals surface area contributed by atoms with E-state index in [0.29, 0.717) is 0 Å². The van der Waals surface area contributed by atoms with Crippen LogP contribution in [0, 0.1) is 0 Å². The Kier molecular flexibility index (Phi) is 3.30. The highest BCUT2D eigenvalue weighted by Crippen LogP contribution is 2.25. The second-order valence-electron chi connectivity index (χ2n) is 3.57. The summed E-state index contributed by atoms with van der Waals surface area (Å²) in [5.74, 6) is 0.384. The normalized spacial score (nSPS) is 16.4. The Morgan fingerprint density at radius 2 is 2.18 bits per heavy atom. The van der Waals surface area contributed by atoms with Gasteiger partial charge in [0.25, 0.3) is 15.9 Å². The number of hydrogen-bond donors (Lipinski definition) is 2. The van der Waals surface area contributed by atoms with Crippen LogP contribution in [0.2, 0.25) is 0 Å². The van der Waals surface area contributed by atoms with Crippen LogP contribution in [0.4, 0.5) is 5.69 Å². The van der Waals surface area contributed by atoms with Crippen LogP contribution in [-0.4, -0.2) is 32.9 Å². The molecule has 0 saturated carbocycles. The van der Waals surface area contributed by atoms with Crippen LogP contribution in [0.3, 0.4) is 0 Å². The number of carbonyl (C=O) groups is 1. The molecule has 7 heteroatoms. The van der Waals surface area contributed by atoms with Crippen LogP contribution in [0.15, 0.2) is 23.1 Å². The molecule has 0 saturated heterocycles. The van der Waals surface area contributed by atoms with Crippen LogP contribution in [-0.2, 0) is 10.0 Å². The third-order valence-electron chi connectivity index (χ3n) is 2.38. The number of fused-ring (bicyclic) bond motifs is 1. The van der Waals surface area contributed by atoms with Gasteiger partial charge in [-0.15, -0.1) is 0 Å². The van der Waals surface area contributed by atoms with E-state index in [-0.39, 0.29) is 10.5 Å². The monoisotopic (exact) mass is 272 g/mol. The van der Waals surface area contributed by atoms with E-state index in [4.69, 9.17) is 0 Å². The van der Waals surface area contributed by atoms with Gasteiger partial charge in [-0.3, -0.25) is 4.79 Å². The summed E-state index contributed by atoms with van der Waals surface area (Å²) < 4.78 is 24.9. The van der Waals surface area contributed by atoms with Gasteiger partial charge in [-0.2, -0.15) is 11.8 Å². The third-order valence-corrected chi connectivity index (χ3v) is 4.38. The summed E-state index contributed by atoms with van der Waals surface area (Å²) in [4.78, 5) is 11.5. The number of carbonyl (C=O) groups excluding carboxylic acids is 1. The lowest BCUT2D eigenvalue weighted by Crippen LogP contribution is -2.20. The van der Waals surface area contributed by atoms with Gasteiger partial charge in [0.15, 0.2) is 0 Å². The van der Waals surface area contributed by atoms with Gasteiger partial charge < -0.3 is 5.32 Å². The van der Waals surface area contributed by atoms with Crippen LogP contribution < -0.4 is 10.0 Å². The van der Waals surface area contributed by atoms with E-state index in [0.717, 1.165) is 18.0 Å². The maximum atomic E-state index is 11.5. The molecule has 5 nitrogen and oxygen atoms in total. The molecule has 0 atom stereocenters. The van der Waals surface area contributed by atoms with Crippen molar-refractivity contribution in [3.63, 3.8) is 0 Å². The minimum Gasteiger partial charge on any atom is -0.384 e. The topological polar surface area (TPSA) is 75.3 Å². The summed E-state index contributed by atoms with van der Waals surface area (Å²) in [7, 11) is -3.63. The fourth-order valence-electron chi connectivity index (χ4n) is 1.58. The van der Waals surface area contributed by atoms with Gasteiger partial charge >= 0.3 is 0 Å². The van der Waals surface area contributed by atoms with Gasteiger partial charge in [0.1, 0.15) is 4.90 Å². The second-order valence-corrected chi connectivity index (χ2v) is 6.20. The van der Waals surface area contributed by atoms with Gasteiger partial charge in [0, 0.05) is 18.0 Å². The molecule has 92 valence electrons. The number of sulfonamides is 1. The van der Waals surface area contributed by atoms with Crippen LogP contribution in [0.5, 0.6) is 0 Å². The maximum absolute atomic E-state index is 11.5. The molecule has 0 aromatic heterocycles. The lowest BCUT2D eigenvalue weighted by atomic mass is 10.2. The Morgan fingerprint density at radius 1 is 1.41 bits per heavy atom. The highest BCUT2D eigenvalue weighted by atomic mass is 32.2. The van der Waals surface area contributed by atoms with E-state index in [1.165, 1.54) is 6.07 Å². The molecule has 1 aromatic carbocycles. The van der Waals surface area contributed by atoms with Crippen molar-refractivity contribution in [2.75, 3.05) is 23.9 Å². The molecule has 1 aromatic rings. The summed E-state index contributed by atoms with van der Waals surface area (Å²) in [5.41, 5.74) is 0.962. The van der Waals surface area contributed by atoms with Crippen LogP contribution >= 0.6 is 11.8 Å². The number of benzene rings is 1.